The zero-order valence-corrected chi connectivity index (χ0v) is 10.7. The van der Waals surface area contributed by atoms with Crippen LogP contribution >= 0.6 is 11.6 Å². The molecule has 3 rings (SSSR count). The van der Waals surface area contributed by atoms with E-state index in [1.54, 1.807) is 12.1 Å². The molecule has 5 heteroatoms. The van der Waals surface area contributed by atoms with Gasteiger partial charge in [-0.15, -0.1) is 0 Å². The molecule has 1 aromatic carbocycles. The lowest BCUT2D eigenvalue weighted by Crippen LogP contribution is -2.24. The summed E-state index contributed by atoms with van der Waals surface area (Å²) in [5.74, 6) is 1.40. The lowest BCUT2D eigenvalue weighted by molar-refractivity contribution is -0.384. The summed E-state index contributed by atoms with van der Waals surface area (Å²) in [6.07, 6.45) is 4.98. The Labute approximate surface area is 110 Å². The summed E-state index contributed by atoms with van der Waals surface area (Å²) >= 11 is 5.82. The largest absolute Gasteiger partial charge is 0.376 e. The summed E-state index contributed by atoms with van der Waals surface area (Å²) in [5.41, 5.74) is 0.682. The number of rotatable bonds is 5. The molecule has 2 saturated carbocycles. The van der Waals surface area contributed by atoms with Crippen molar-refractivity contribution in [3.05, 3.63) is 33.3 Å². The topological polar surface area (TPSA) is 55.2 Å². The second-order valence-electron chi connectivity index (χ2n) is 5.26. The van der Waals surface area contributed by atoms with Gasteiger partial charge in [0.05, 0.1) is 4.92 Å². The van der Waals surface area contributed by atoms with Crippen LogP contribution in [0.1, 0.15) is 25.7 Å². The molecule has 0 bridgehead atoms. The predicted molar refractivity (Wildman–Crippen MR) is 71.0 cm³/mol. The van der Waals surface area contributed by atoms with Gasteiger partial charge in [-0.2, -0.15) is 0 Å². The third kappa shape index (κ3) is 2.43. The number of benzene rings is 1. The molecule has 0 radical (unpaired) electrons. The molecular formula is C13H15ClN2O2. The van der Waals surface area contributed by atoms with E-state index in [9.17, 15) is 10.1 Å². The highest BCUT2D eigenvalue weighted by atomic mass is 35.5. The van der Waals surface area contributed by atoms with Gasteiger partial charge in [0.1, 0.15) is 5.69 Å². The molecule has 0 aliphatic heterocycles. The minimum absolute atomic E-state index is 0.0776. The van der Waals surface area contributed by atoms with E-state index in [0.717, 1.165) is 0 Å². The van der Waals surface area contributed by atoms with E-state index in [1.807, 2.05) is 0 Å². The van der Waals surface area contributed by atoms with Crippen LogP contribution in [0.15, 0.2) is 18.2 Å². The van der Waals surface area contributed by atoms with Gasteiger partial charge in [-0.05, 0) is 49.7 Å². The van der Waals surface area contributed by atoms with E-state index in [4.69, 9.17) is 11.6 Å². The SMILES string of the molecule is O=[N+]([O-])c1cc(Cl)ccc1NC(C1CC1)C1CC1. The minimum atomic E-state index is -0.370. The van der Waals surface area contributed by atoms with Crippen LogP contribution in [0.3, 0.4) is 0 Å². The summed E-state index contributed by atoms with van der Waals surface area (Å²) in [4.78, 5) is 10.7. The Morgan fingerprint density at radius 1 is 1.28 bits per heavy atom. The van der Waals surface area contributed by atoms with Crippen LogP contribution in [0.2, 0.25) is 5.02 Å². The number of hydrogen-bond acceptors (Lipinski definition) is 3. The molecule has 0 unspecified atom stereocenters. The van der Waals surface area contributed by atoms with Gasteiger partial charge in [-0.3, -0.25) is 10.1 Å². The van der Waals surface area contributed by atoms with Crippen LogP contribution in [0.5, 0.6) is 0 Å². The van der Waals surface area contributed by atoms with E-state index < -0.39 is 0 Å². The lowest BCUT2D eigenvalue weighted by Gasteiger charge is -2.19. The molecule has 0 saturated heterocycles. The first kappa shape index (κ1) is 11.8. The fourth-order valence-electron chi connectivity index (χ4n) is 2.49. The predicted octanol–water partition coefficient (Wildman–Crippen LogP) is 3.85. The van der Waals surface area contributed by atoms with Crippen LogP contribution in [0.4, 0.5) is 11.4 Å². The van der Waals surface area contributed by atoms with Crippen LogP contribution in [0.25, 0.3) is 0 Å². The van der Waals surface area contributed by atoms with Crippen molar-refractivity contribution in [3.8, 4) is 0 Å². The summed E-state index contributed by atoms with van der Waals surface area (Å²) in [6.45, 7) is 0. The Morgan fingerprint density at radius 3 is 2.39 bits per heavy atom. The van der Waals surface area contributed by atoms with Crippen molar-refractivity contribution >= 4 is 23.0 Å². The summed E-state index contributed by atoms with van der Waals surface area (Å²) in [5, 5.41) is 14.8. The first-order valence-corrected chi connectivity index (χ1v) is 6.73. The van der Waals surface area contributed by atoms with Crippen LogP contribution in [-0.2, 0) is 0 Å². The molecule has 1 aromatic rings. The Balaban J connectivity index is 1.84. The Hall–Kier alpha value is -1.29. The molecule has 1 N–H and O–H groups in total. The third-order valence-corrected chi connectivity index (χ3v) is 3.97. The molecule has 0 amide bonds. The fourth-order valence-corrected chi connectivity index (χ4v) is 2.66. The highest BCUT2D eigenvalue weighted by molar-refractivity contribution is 6.30. The Morgan fingerprint density at radius 2 is 1.89 bits per heavy atom. The number of halogens is 1. The average molecular weight is 267 g/mol. The van der Waals surface area contributed by atoms with Gasteiger partial charge in [0, 0.05) is 17.1 Å². The molecule has 96 valence electrons. The number of nitrogens with zero attached hydrogens (tertiary/aromatic N) is 1. The Kier molecular flexibility index (Phi) is 2.90. The summed E-state index contributed by atoms with van der Waals surface area (Å²) in [6, 6.07) is 5.25. The number of hydrogen-bond donors (Lipinski definition) is 1. The summed E-state index contributed by atoms with van der Waals surface area (Å²) in [7, 11) is 0. The van der Waals surface area contributed by atoms with Crippen LogP contribution < -0.4 is 5.32 Å². The van der Waals surface area contributed by atoms with Crippen LogP contribution in [-0.4, -0.2) is 11.0 Å². The first-order valence-electron chi connectivity index (χ1n) is 6.35. The molecule has 0 atom stereocenters. The minimum Gasteiger partial charge on any atom is -0.376 e. The van der Waals surface area contributed by atoms with Gasteiger partial charge in [-0.1, -0.05) is 11.6 Å². The monoisotopic (exact) mass is 266 g/mol. The normalized spacial score (nSPS) is 19.0. The molecule has 0 aromatic heterocycles. The quantitative estimate of drug-likeness (QED) is 0.651. The molecule has 18 heavy (non-hydrogen) atoms. The highest BCUT2D eigenvalue weighted by Gasteiger charge is 2.42. The van der Waals surface area contributed by atoms with Crippen molar-refractivity contribution in [1.82, 2.24) is 0 Å². The standard InChI is InChI=1S/C13H15ClN2O2/c14-10-5-6-11(12(7-10)16(17)18)15-13(8-1-2-8)9-3-4-9/h5-9,13,15H,1-4H2. The van der Waals surface area contributed by atoms with Crippen molar-refractivity contribution in [1.29, 1.82) is 0 Å². The van der Waals surface area contributed by atoms with E-state index in [2.05, 4.69) is 5.32 Å². The number of nitro groups is 1. The second kappa shape index (κ2) is 4.43. The smallest absolute Gasteiger partial charge is 0.293 e. The molecule has 0 heterocycles. The maximum absolute atomic E-state index is 11.0. The molecule has 4 nitrogen and oxygen atoms in total. The van der Waals surface area contributed by atoms with Gasteiger partial charge >= 0.3 is 0 Å². The molecule has 2 fully saturated rings. The van der Waals surface area contributed by atoms with Gasteiger partial charge < -0.3 is 5.32 Å². The van der Waals surface area contributed by atoms with Crippen molar-refractivity contribution in [2.45, 2.75) is 31.7 Å². The molecule has 2 aliphatic carbocycles. The lowest BCUT2D eigenvalue weighted by atomic mass is 10.1. The first-order chi connectivity index (χ1) is 8.65. The van der Waals surface area contributed by atoms with E-state index >= 15 is 0 Å². The van der Waals surface area contributed by atoms with Gasteiger partial charge in [0.2, 0.25) is 0 Å². The van der Waals surface area contributed by atoms with E-state index in [0.29, 0.717) is 28.6 Å². The van der Waals surface area contributed by atoms with Crippen molar-refractivity contribution < 1.29 is 4.92 Å². The van der Waals surface area contributed by atoms with Crippen molar-refractivity contribution in [3.63, 3.8) is 0 Å². The second-order valence-corrected chi connectivity index (χ2v) is 5.70. The van der Waals surface area contributed by atoms with Crippen molar-refractivity contribution in [2.24, 2.45) is 11.8 Å². The molecule has 0 spiro atoms. The maximum Gasteiger partial charge on any atom is 0.293 e. The fraction of sp³-hybridized carbons (Fsp3) is 0.538. The van der Waals surface area contributed by atoms with Gasteiger partial charge in [0.25, 0.3) is 5.69 Å². The van der Waals surface area contributed by atoms with Gasteiger partial charge in [-0.25, -0.2) is 0 Å². The third-order valence-electron chi connectivity index (χ3n) is 3.74. The number of nitro benzene ring substituents is 1. The zero-order valence-electron chi connectivity index (χ0n) is 9.93. The highest BCUT2D eigenvalue weighted by Crippen LogP contribution is 2.46. The number of anilines is 1. The molecular weight excluding hydrogens is 252 g/mol. The van der Waals surface area contributed by atoms with E-state index in [1.165, 1.54) is 31.7 Å². The van der Waals surface area contributed by atoms with Crippen LogP contribution in [0, 0.1) is 22.0 Å². The molecule has 2 aliphatic rings. The average Bonchev–Trinajstić information content (AvgIpc) is 3.19. The number of nitrogens with one attached hydrogen (secondary N) is 1. The Bertz CT molecular complexity index is 472. The zero-order chi connectivity index (χ0) is 12.7. The van der Waals surface area contributed by atoms with E-state index in [-0.39, 0.29) is 10.6 Å². The summed E-state index contributed by atoms with van der Waals surface area (Å²) < 4.78 is 0. The van der Waals surface area contributed by atoms with Crippen molar-refractivity contribution in [2.75, 3.05) is 5.32 Å². The maximum atomic E-state index is 11.0. The van der Waals surface area contributed by atoms with Gasteiger partial charge in [0.15, 0.2) is 0 Å².